The third-order valence-electron chi connectivity index (χ3n) is 2.19. The van der Waals surface area contributed by atoms with Crippen LogP contribution in [-0.4, -0.2) is 41.3 Å². The van der Waals surface area contributed by atoms with Crippen molar-refractivity contribution in [3.8, 4) is 0 Å². The molecule has 0 fully saturated rings. The summed E-state index contributed by atoms with van der Waals surface area (Å²) in [4.78, 5) is 23.7. The number of hydrogen-bond acceptors (Lipinski definition) is 3. The largest absolute Gasteiger partial charge is 0.481 e. The Bertz CT molecular complexity index is 251. The maximum Gasteiger partial charge on any atom is 0.409 e. The summed E-state index contributed by atoms with van der Waals surface area (Å²) in [6, 6.07) is 0.0171. The summed E-state index contributed by atoms with van der Waals surface area (Å²) in [5, 5.41) is 8.55. The second-order valence-electron chi connectivity index (χ2n) is 4.76. The van der Waals surface area contributed by atoms with Crippen LogP contribution in [0.15, 0.2) is 0 Å². The van der Waals surface area contributed by atoms with E-state index in [4.69, 9.17) is 9.84 Å². The highest BCUT2D eigenvalue weighted by molar-refractivity contribution is 5.68. The number of amides is 1. The lowest BCUT2D eigenvalue weighted by Crippen LogP contribution is -2.38. The molecule has 100 valence electrons. The molecule has 0 aliphatic carbocycles. The summed E-state index contributed by atoms with van der Waals surface area (Å²) < 4.78 is 5.12. The molecule has 0 aromatic rings. The van der Waals surface area contributed by atoms with Gasteiger partial charge in [0.25, 0.3) is 0 Å². The van der Waals surface area contributed by atoms with Gasteiger partial charge in [-0.05, 0) is 26.2 Å². The van der Waals surface area contributed by atoms with Crippen LogP contribution in [0.3, 0.4) is 0 Å². The van der Waals surface area contributed by atoms with E-state index in [0.717, 1.165) is 0 Å². The average molecular weight is 245 g/mol. The van der Waals surface area contributed by atoms with E-state index >= 15 is 0 Å². The summed E-state index contributed by atoms with van der Waals surface area (Å²) in [5.74, 6) is -0.545. The van der Waals surface area contributed by atoms with Crippen LogP contribution in [0.1, 0.15) is 40.5 Å². The zero-order chi connectivity index (χ0) is 13.4. The second-order valence-corrected chi connectivity index (χ2v) is 4.76. The first-order valence-corrected chi connectivity index (χ1v) is 5.99. The number of carbonyl (C=O) groups excluding carboxylic acids is 1. The van der Waals surface area contributed by atoms with Gasteiger partial charge in [0.2, 0.25) is 0 Å². The van der Waals surface area contributed by atoms with E-state index in [0.29, 0.717) is 25.5 Å². The van der Waals surface area contributed by atoms with Crippen LogP contribution in [0.25, 0.3) is 0 Å². The smallest absolute Gasteiger partial charge is 0.409 e. The quantitative estimate of drug-likeness (QED) is 0.747. The number of rotatable bonds is 7. The van der Waals surface area contributed by atoms with Crippen molar-refractivity contribution in [1.82, 2.24) is 4.90 Å². The molecule has 0 rings (SSSR count). The maximum absolute atomic E-state index is 11.7. The molecule has 5 nitrogen and oxygen atoms in total. The van der Waals surface area contributed by atoms with Gasteiger partial charge in [0, 0.05) is 19.0 Å². The van der Waals surface area contributed by atoms with Crippen LogP contribution in [0.4, 0.5) is 4.79 Å². The van der Waals surface area contributed by atoms with Crippen molar-refractivity contribution in [2.45, 2.75) is 46.6 Å². The molecular weight excluding hydrogens is 222 g/mol. The van der Waals surface area contributed by atoms with Crippen LogP contribution in [-0.2, 0) is 9.53 Å². The SMILES string of the molecule is CC(C)COC(=O)N(CCCC(=O)O)C(C)C. The first-order valence-electron chi connectivity index (χ1n) is 5.99. The van der Waals surface area contributed by atoms with Gasteiger partial charge in [-0.15, -0.1) is 0 Å². The zero-order valence-electron chi connectivity index (χ0n) is 11.1. The minimum absolute atomic E-state index is 0.0171. The first kappa shape index (κ1) is 15.7. The van der Waals surface area contributed by atoms with E-state index in [1.807, 2.05) is 27.7 Å². The molecule has 0 radical (unpaired) electrons. The summed E-state index contributed by atoms with van der Waals surface area (Å²) in [6.07, 6.45) is 0.157. The monoisotopic (exact) mass is 245 g/mol. The molecule has 0 unspecified atom stereocenters. The minimum atomic E-state index is -0.843. The number of aliphatic carboxylic acids is 1. The van der Waals surface area contributed by atoms with Gasteiger partial charge in [-0.2, -0.15) is 0 Å². The summed E-state index contributed by atoms with van der Waals surface area (Å²) in [7, 11) is 0. The maximum atomic E-state index is 11.7. The Morgan fingerprint density at radius 1 is 1.24 bits per heavy atom. The number of carbonyl (C=O) groups is 2. The van der Waals surface area contributed by atoms with Crippen molar-refractivity contribution >= 4 is 12.1 Å². The molecule has 0 aromatic carbocycles. The molecule has 0 spiro atoms. The fourth-order valence-corrected chi connectivity index (χ4v) is 1.28. The van der Waals surface area contributed by atoms with Crippen molar-refractivity contribution < 1.29 is 19.4 Å². The van der Waals surface area contributed by atoms with E-state index in [9.17, 15) is 9.59 Å². The highest BCUT2D eigenvalue weighted by Gasteiger charge is 2.18. The van der Waals surface area contributed by atoms with E-state index in [2.05, 4.69) is 0 Å². The third-order valence-corrected chi connectivity index (χ3v) is 2.19. The van der Waals surface area contributed by atoms with Crippen molar-refractivity contribution in [1.29, 1.82) is 0 Å². The topological polar surface area (TPSA) is 66.8 Å². The van der Waals surface area contributed by atoms with Crippen LogP contribution in [0, 0.1) is 5.92 Å². The van der Waals surface area contributed by atoms with E-state index in [1.165, 1.54) is 0 Å². The molecule has 17 heavy (non-hydrogen) atoms. The van der Waals surface area contributed by atoms with Crippen molar-refractivity contribution in [3.05, 3.63) is 0 Å². The highest BCUT2D eigenvalue weighted by atomic mass is 16.6. The van der Waals surface area contributed by atoms with Crippen LogP contribution in [0.2, 0.25) is 0 Å². The summed E-state index contributed by atoms with van der Waals surface area (Å²) >= 11 is 0. The van der Waals surface area contributed by atoms with Crippen molar-refractivity contribution in [2.75, 3.05) is 13.2 Å². The molecule has 0 saturated heterocycles. The molecule has 0 atom stereocenters. The number of carboxylic acid groups (broad SMARTS) is 1. The molecule has 1 N–H and O–H groups in total. The molecule has 0 saturated carbocycles. The second kappa shape index (κ2) is 7.92. The van der Waals surface area contributed by atoms with Crippen molar-refractivity contribution in [3.63, 3.8) is 0 Å². The van der Waals surface area contributed by atoms with Crippen molar-refractivity contribution in [2.24, 2.45) is 5.92 Å². The van der Waals surface area contributed by atoms with Gasteiger partial charge in [0.05, 0.1) is 6.61 Å². The Kier molecular flexibility index (Phi) is 7.34. The average Bonchev–Trinajstić information content (AvgIpc) is 2.20. The lowest BCUT2D eigenvalue weighted by molar-refractivity contribution is -0.137. The van der Waals surface area contributed by atoms with Crippen LogP contribution >= 0.6 is 0 Å². The zero-order valence-corrected chi connectivity index (χ0v) is 11.1. The van der Waals surface area contributed by atoms with Gasteiger partial charge in [-0.1, -0.05) is 13.8 Å². The summed E-state index contributed by atoms with van der Waals surface area (Å²) in [5.41, 5.74) is 0. The number of nitrogens with zero attached hydrogens (tertiary/aromatic N) is 1. The molecule has 0 aliphatic rings. The van der Waals surface area contributed by atoms with E-state index in [1.54, 1.807) is 4.90 Å². The molecule has 0 aliphatic heterocycles. The fourth-order valence-electron chi connectivity index (χ4n) is 1.28. The highest BCUT2D eigenvalue weighted by Crippen LogP contribution is 2.06. The molecule has 0 bridgehead atoms. The predicted octanol–water partition coefficient (Wildman–Crippen LogP) is 2.35. The molecule has 0 aromatic heterocycles. The lowest BCUT2D eigenvalue weighted by atomic mass is 10.2. The molecule has 0 heterocycles. The van der Waals surface area contributed by atoms with Crippen LogP contribution < -0.4 is 0 Å². The van der Waals surface area contributed by atoms with Gasteiger partial charge in [0.15, 0.2) is 0 Å². The molecular formula is C12H23NO4. The Morgan fingerprint density at radius 3 is 2.24 bits per heavy atom. The van der Waals surface area contributed by atoms with Gasteiger partial charge < -0.3 is 14.7 Å². The summed E-state index contributed by atoms with van der Waals surface area (Å²) in [6.45, 7) is 8.52. The Labute approximate surface area is 103 Å². The van der Waals surface area contributed by atoms with Gasteiger partial charge in [0.1, 0.15) is 0 Å². The van der Waals surface area contributed by atoms with E-state index < -0.39 is 5.97 Å². The Morgan fingerprint density at radius 2 is 1.82 bits per heavy atom. The number of ether oxygens (including phenoxy) is 1. The molecule has 5 heteroatoms. The first-order chi connectivity index (χ1) is 7.84. The fraction of sp³-hybridized carbons (Fsp3) is 0.833. The van der Waals surface area contributed by atoms with Gasteiger partial charge in [-0.3, -0.25) is 4.79 Å². The molecule has 1 amide bonds. The number of hydrogen-bond donors (Lipinski definition) is 1. The normalized spacial score (nSPS) is 10.7. The van der Waals surface area contributed by atoms with Crippen LogP contribution in [0.5, 0.6) is 0 Å². The standard InChI is InChI=1S/C12H23NO4/c1-9(2)8-17-12(16)13(10(3)4)7-5-6-11(14)15/h9-10H,5-8H2,1-4H3,(H,14,15). The Hall–Kier alpha value is -1.26. The van der Waals surface area contributed by atoms with E-state index in [-0.39, 0.29) is 18.6 Å². The minimum Gasteiger partial charge on any atom is -0.481 e. The van der Waals surface area contributed by atoms with Gasteiger partial charge in [-0.25, -0.2) is 4.79 Å². The lowest BCUT2D eigenvalue weighted by Gasteiger charge is -2.26. The Balaban J connectivity index is 4.12. The predicted molar refractivity (Wildman–Crippen MR) is 64.9 cm³/mol. The van der Waals surface area contributed by atoms with Gasteiger partial charge >= 0.3 is 12.1 Å². The number of carboxylic acids is 1. The third kappa shape index (κ3) is 7.60.